The molecule has 0 unspecified atom stereocenters. The summed E-state index contributed by atoms with van der Waals surface area (Å²) in [5.41, 5.74) is 0. The van der Waals surface area contributed by atoms with Crippen molar-refractivity contribution in [3.63, 3.8) is 0 Å². The topological polar surface area (TPSA) is 86.2 Å². The highest BCUT2D eigenvalue weighted by Crippen LogP contribution is 1.66. The van der Waals surface area contributed by atoms with Crippen molar-refractivity contribution in [3.05, 3.63) is 12.7 Å². The molecule has 0 fully saturated rings. The van der Waals surface area contributed by atoms with Crippen LogP contribution in [0.15, 0.2) is 12.7 Å². The minimum Gasteiger partial charge on any atom is -0.216 e. The van der Waals surface area contributed by atoms with Gasteiger partial charge in [0, 0.05) is 0 Å². The molecule has 4 nitrogen and oxygen atoms in total. The number of rotatable bonds is 1. The first-order valence-electron chi connectivity index (χ1n) is 2.33. The van der Waals surface area contributed by atoms with E-state index in [1.165, 1.54) is 0 Å². The molecule has 0 rings (SSSR count). The van der Waals surface area contributed by atoms with Crippen molar-refractivity contribution in [1.82, 2.24) is 0 Å². The molecule has 56 valence electrons. The van der Waals surface area contributed by atoms with E-state index in [-0.39, 0.29) is 0 Å². The van der Waals surface area contributed by atoms with Gasteiger partial charge in [0.1, 0.15) is 0 Å². The van der Waals surface area contributed by atoms with Gasteiger partial charge >= 0.3 is 0 Å². The van der Waals surface area contributed by atoms with E-state index in [4.69, 9.17) is 0 Å². The second kappa shape index (κ2) is 5.74. The molecule has 0 aromatic rings. The molecular formula is C4H12N2O2S. The molecule has 0 saturated heterocycles. The molecule has 0 spiro atoms. The van der Waals surface area contributed by atoms with E-state index in [2.05, 4.69) is 23.8 Å². The lowest BCUT2D eigenvalue weighted by molar-refractivity contribution is 0.599. The summed E-state index contributed by atoms with van der Waals surface area (Å²) in [7, 11) is -3.67. The van der Waals surface area contributed by atoms with E-state index < -0.39 is 10.2 Å². The van der Waals surface area contributed by atoms with Crippen molar-refractivity contribution in [1.29, 1.82) is 0 Å². The fourth-order valence-corrected chi connectivity index (χ4v) is 0. The van der Waals surface area contributed by atoms with Gasteiger partial charge in [-0.15, -0.1) is 6.58 Å². The Balaban J connectivity index is 0. The van der Waals surface area contributed by atoms with Crippen LogP contribution in [0, 0.1) is 0 Å². The number of nitrogens with two attached hydrogens (primary N) is 2. The summed E-state index contributed by atoms with van der Waals surface area (Å²) >= 11 is 0. The summed E-state index contributed by atoms with van der Waals surface area (Å²) in [5.74, 6) is 0. The molecule has 0 amide bonds. The molecule has 0 aromatic carbocycles. The van der Waals surface area contributed by atoms with Gasteiger partial charge in [0.05, 0.1) is 0 Å². The molecule has 0 bridgehead atoms. The van der Waals surface area contributed by atoms with Gasteiger partial charge in [0.2, 0.25) is 0 Å². The fraction of sp³-hybridized carbons (Fsp3) is 0.500. The van der Waals surface area contributed by atoms with Crippen molar-refractivity contribution in [2.24, 2.45) is 10.3 Å². The Morgan fingerprint density at radius 3 is 1.67 bits per heavy atom. The van der Waals surface area contributed by atoms with E-state index in [1.54, 1.807) is 0 Å². The molecule has 0 aliphatic carbocycles. The van der Waals surface area contributed by atoms with Gasteiger partial charge in [-0.25, -0.2) is 10.3 Å². The highest BCUT2D eigenvalue weighted by Gasteiger charge is 1.78. The van der Waals surface area contributed by atoms with Crippen LogP contribution < -0.4 is 10.3 Å². The van der Waals surface area contributed by atoms with Gasteiger partial charge in [-0.05, 0) is 6.42 Å². The van der Waals surface area contributed by atoms with E-state index in [0.29, 0.717) is 0 Å². The molecule has 4 N–H and O–H groups in total. The summed E-state index contributed by atoms with van der Waals surface area (Å²) in [6, 6.07) is 0. The average Bonchev–Trinajstić information content (AvgIpc) is 1.61. The third kappa shape index (κ3) is 644. The third-order valence-electron chi connectivity index (χ3n) is 0.289. The van der Waals surface area contributed by atoms with Crippen LogP contribution in [0.1, 0.15) is 13.3 Å². The summed E-state index contributed by atoms with van der Waals surface area (Å²) in [6.07, 6.45) is 2.96. The van der Waals surface area contributed by atoms with Crippen LogP contribution in [-0.2, 0) is 10.2 Å². The fourth-order valence-electron chi connectivity index (χ4n) is 0. The zero-order valence-electron chi connectivity index (χ0n) is 5.37. The molecule has 0 heterocycles. The smallest absolute Gasteiger partial charge is 0.216 e. The monoisotopic (exact) mass is 152 g/mol. The SMILES string of the molecule is C=CCC.NS(N)(=O)=O. The summed E-state index contributed by atoms with van der Waals surface area (Å²) in [6.45, 7) is 5.54. The van der Waals surface area contributed by atoms with E-state index >= 15 is 0 Å². The van der Waals surface area contributed by atoms with E-state index in [1.807, 2.05) is 6.08 Å². The highest BCUT2D eigenvalue weighted by atomic mass is 32.2. The van der Waals surface area contributed by atoms with Crippen LogP contribution in [0.5, 0.6) is 0 Å². The van der Waals surface area contributed by atoms with Crippen molar-refractivity contribution in [2.45, 2.75) is 13.3 Å². The lowest BCUT2D eigenvalue weighted by Gasteiger charge is -1.72. The Kier molecular flexibility index (Phi) is 7.28. The van der Waals surface area contributed by atoms with Crippen LogP contribution in [0.3, 0.4) is 0 Å². The Morgan fingerprint density at radius 1 is 1.56 bits per heavy atom. The maximum absolute atomic E-state index is 9.19. The van der Waals surface area contributed by atoms with Gasteiger partial charge in [0.15, 0.2) is 0 Å². The van der Waals surface area contributed by atoms with E-state index in [0.717, 1.165) is 6.42 Å². The zero-order valence-corrected chi connectivity index (χ0v) is 6.19. The van der Waals surface area contributed by atoms with E-state index in [9.17, 15) is 8.42 Å². The van der Waals surface area contributed by atoms with Crippen LogP contribution in [-0.4, -0.2) is 8.42 Å². The molecule has 0 saturated carbocycles. The minimum atomic E-state index is -3.67. The van der Waals surface area contributed by atoms with Gasteiger partial charge < -0.3 is 0 Å². The van der Waals surface area contributed by atoms with Crippen molar-refractivity contribution < 1.29 is 8.42 Å². The van der Waals surface area contributed by atoms with Crippen LogP contribution in [0.2, 0.25) is 0 Å². The second-order valence-corrected chi connectivity index (χ2v) is 2.46. The predicted molar refractivity (Wildman–Crippen MR) is 37.8 cm³/mol. The summed E-state index contributed by atoms with van der Waals surface area (Å²) < 4.78 is 18.4. The number of hydrogen-bond acceptors (Lipinski definition) is 2. The zero-order chi connectivity index (χ0) is 7.91. The van der Waals surface area contributed by atoms with Crippen LogP contribution in [0.4, 0.5) is 0 Å². The third-order valence-corrected chi connectivity index (χ3v) is 0.289. The molecule has 0 atom stereocenters. The highest BCUT2D eigenvalue weighted by molar-refractivity contribution is 7.86. The van der Waals surface area contributed by atoms with Gasteiger partial charge in [-0.1, -0.05) is 13.0 Å². The minimum absolute atomic E-state index is 1.08. The van der Waals surface area contributed by atoms with Crippen LogP contribution in [0.25, 0.3) is 0 Å². The Hall–Kier alpha value is -0.390. The number of hydrogen-bond donors (Lipinski definition) is 2. The molecule has 0 radical (unpaired) electrons. The van der Waals surface area contributed by atoms with Crippen LogP contribution >= 0.6 is 0 Å². The lowest BCUT2D eigenvalue weighted by Crippen LogP contribution is -2.21. The summed E-state index contributed by atoms with van der Waals surface area (Å²) in [4.78, 5) is 0. The lowest BCUT2D eigenvalue weighted by atomic mass is 10.5. The first-order chi connectivity index (χ1) is 3.91. The first kappa shape index (κ1) is 11.4. The predicted octanol–water partition coefficient (Wildman–Crippen LogP) is -0.269. The quantitative estimate of drug-likeness (QED) is 0.507. The second-order valence-electron chi connectivity index (χ2n) is 1.29. The van der Waals surface area contributed by atoms with Crippen molar-refractivity contribution >= 4 is 10.2 Å². The first-order valence-corrected chi connectivity index (χ1v) is 3.94. The normalized spacial score (nSPS) is 9.22. The number of allylic oxidation sites excluding steroid dienone is 1. The molecule has 0 aromatic heterocycles. The van der Waals surface area contributed by atoms with Crippen molar-refractivity contribution in [3.8, 4) is 0 Å². The molecule has 9 heavy (non-hydrogen) atoms. The Bertz CT molecular complexity index is 142. The Morgan fingerprint density at radius 2 is 1.67 bits per heavy atom. The largest absolute Gasteiger partial charge is 0.271 e. The van der Waals surface area contributed by atoms with Gasteiger partial charge in [0.25, 0.3) is 10.2 Å². The Labute approximate surface area is 55.7 Å². The molecule has 0 aliphatic rings. The molecule has 0 aliphatic heterocycles. The molecular weight excluding hydrogens is 140 g/mol. The summed E-state index contributed by atoms with van der Waals surface area (Å²) in [5, 5.41) is 8.21. The average molecular weight is 152 g/mol. The van der Waals surface area contributed by atoms with Gasteiger partial charge in [-0.3, -0.25) is 0 Å². The molecule has 5 heteroatoms. The maximum Gasteiger partial charge on any atom is 0.271 e. The standard InChI is InChI=1S/C4H8.H4N2O2S/c1-3-4-2;1-5(2,3)4/h3H,1,4H2,2H3;(H4,1,2,3,4). The maximum atomic E-state index is 9.19. The van der Waals surface area contributed by atoms with Gasteiger partial charge in [-0.2, -0.15) is 8.42 Å². The van der Waals surface area contributed by atoms with Crippen molar-refractivity contribution in [2.75, 3.05) is 0 Å².